The van der Waals surface area contributed by atoms with Crippen molar-refractivity contribution in [1.29, 1.82) is 0 Å². The van der Waals surface area contributed by atoms with Crippen molar-refractivity contribution in [3.8, 4) is 0 Å². The van der Waals surface area contributed by atoms with Gasteiger partial charge in [-0.1, -0.05) is 18.2 Å². The second-order valence-corrected chi connectivity index (χ2v) is 3.94. The topological polar surface area (TPSA) is 29.9 Å². The molecule has 1 heterocycles. The maximum atomic E-state index is 4.63. The van der Waals surface area contributed by atoms with Crippen LogP contribution in [0.3, 0.4) is 0 Å². The molecule has 3 nitrogen and oxygen atoms in total. The van der Waals surface area contributed by atoms with E-state index in [9.17, 15) is 0 Å². The van der Waals surface area contributed by atoms with E-state index in [2.05, 4.69) is 41.5 Å². The van der Waals surface area contributed by atoms with Gasteiger partial charge in [-0.05, 0) is 19.1 Å². The Labute approximate surface area is 95.8 Å². The summed E-state index contributed by atoms with van der Waals surface area (Å²) in [6.07, 6.45) is 1.86. The predicted molar refractivity (Wildman–Crippen MR) is 67.3 cm³/mol. The van der Waals surface area contributed by atoms with Crippen molar-refractivity contribution in [2.45, 2.75) is 13.0 Å². The highest BCUT2D eigenvalue weighted by Gasteiger charge is 2.12. The maximum absolute atomic E-state index is 4.63. The highest BCUT2D eigenvalue weighted by Crippen LogP contribution is 2.18. The SMILES string of the molecule is C=CCNC(C)c1nc2ccccc2n1C. The van der Waals surface area contributed by atoms with Gasteiger partial charge in [-0.3, -0.25) is 0 Å². The van der Waals surface area contributed by atoms with E-state index in [0.717, 1.165) is 17.9 Å². The van der Waals surface area contributed by atoms with E-state index in [1.165, 1.54) is 5.52 Å². The van der Waals surface area contributed by atoms with Gasteiger partial charge in [-0.25, -0.2) is 4.98 Å². The summed E-state index contributed by atoms with van der Waals surface area (Å²) in [6.45, 7) is 6.61. The van der Waals surface area contributed by atoms with Gasteiger partial charge >= 0.3 is 0 Å². The molecule has 0 bridgehead atoms. The molecule has 1 atom stereocenters. The molecule has 1 aromatic heterocycles. The van der Waals surface area contributed by atoms with E-state index >= 15 is 0 Å². The lowest BCUT2D eigenvalue weighted by Crippen LogP contribution is -2.21. The summed E-state index contributed by atoms with van der Waals surface area (Å²) in [5.41, 5.74) is 2.22. The number of aryl methyl sites for hydroxylation is 1. The Morgan fingerprint density at radius 3 is 2.94 bits per heavy atom. The van der Waals surface area contributed by atoms with Gasteiger partial charge in [-0.15, -0.1) is 6.58 Å². The fraction of sp³-hybridized carbons (Fsp3) is 0.308. The molecular formula is C13H17N3. The van der Waals surface area contributed by atoms with Crippen LogP contribution in [0.4, 0.5) is 0 Å². The van der Waals surface area contributed by atoms with Gasteiger partial charge in [0.2, 0.25) is 0 Å². The van der Waals surface area contributed by atoms with Gasteiger partial charge in [0.05, 0.1) is 17.1 Å². The van der Waals surface area contributed by atoms with Crippen molar-refractivity contribution < 1.29 is 0 Å². The third kappa shape index (κ3) is 1.86. The Bertz CT molecular complexity index is 499. The van der Waals surface area contributed by atoms with E-state index in [1.807, 2.05) is 24.3 Å². The zero-order valence-corrected chi connectivity index (χ0v) is 9.77. The van der Waals surface area contributed by atoms with E-state index < -0.39 is 0 Å². The molecule has 3 heteroatoms. The summed E-state index contributed by atoms with van der Waals surface area (Å²) in [6, 6.07) is 8.41. The standard InChI is InChI=1S/C13H17N3/c1-4-9-14-10(2)13-15-11-7-5-6-8-12(11)16(13)3/h4-8,10,14H,1,9H2,2-3H3. The van der Waals surface area contributed by atoms with Crippen molar-refractivity contribution in [2.24, 2.45) is 7.05 Å². The van der Waals surface area contributed by atoms with Crippen molar-refractivity contribution >= 4 is 11.0 Å². The number of hydrogen-bond acceptors (Lipinski definition) is 2. The third-order valence-electron chi connectivity index (χ3n) is 2.78. The van der Waals surface area contributed by atoms with Gasteiger partial charge < -0.3 is 9.88 Å². The zero-order chi connectivity index (χ0) is 11.5. The molecule has 0 aliphatic carbocycles. The van der Waals surface area contributed by atoms with Crippen LogP contribution in [0.1, 0.15) is 18.8 Å². The fourth-order valence-electron chi connectivity index (χ4n) is 1.90. The fourth-order valence-corrected chi connectivity index (χ4v) is 1.90. The molecular weight excluding hydrogens is 198 g/mol. The molecule has 0 amide bonds. The third-order valence-corrected chi connectivity index (χ3v) is 2.78. The van der Waals surface area contributed by atoms with Gasteiger partial charge in [0.1, 0.15) is 5.82 Å². The van der Waals surface area contributed by atoms with Crippen LogP contribution in [0.5, 0.6) is 0 Å². The zero-order valence-electron chi connectivity index (χ0n) is 9.77. The van der Waals surface area contributed by atoms with E-state index in [-0.39, 0.29) is 6.04 Å². The van der Waals surface area contributed by atoms with Crippen LogP contribution in [0.15, 0.2) is 36.9 Å². The Balaban J connectivity index is 2.37. The number of hydrogen-bond donors (Lipinski definition) is 1. The lowest BCUT2D eigenvalue weighted by Gasteiger charge is -2.11. The monoisotopic (exact) mass is 215 g/mol. The average Bonchev–Trinajstić information content (AvgIpc) is 2.64. The van der Waals surface area contributed by atoms with Crippen LogP contribution in [-0.2, 0) is 7.05 Å². The smallest absolute Gasteiger partial charge is 0.126 e. The van der Waals surface area contributed by atoms with Crippen molar-refractivity contribution in [1.82, 2.24) is 14.9 Å². The normalized spacial score (nSPS) is 12.9. The summed E-state index contributed by atoms with van der Waals surface area (Å²) in [5, 5.41) is 3.35. The highest BCUT2D eigenvalue weighted by molar-refractivity contribution is 5.75. The van der Waals surface area contributed by atoms with E-state index in [1.54, 1.807) is 0 Å². The lowest BCUT2D eigenvalue weighted by atomic mass is 10.3. The Hall–Kier alpha value is -1.61. The molecule has 2 rings (SSSR count). The number of nitrogens with zero attached hydrogens (tertiary/aromatic N) is 2. The van der Waals surface area contributed by atoms with E-state index in [0.29, 0.717) is 0 Å². The van der Waals surface area contributed by atoms with Gasteiger partial charge in [0.25, 0.3) is 0 Å². The first kappa shape index (κ1) is 10.9. The van der Waals surface area contributed by atoms with Gasteiger partial charge in [0.15, 0.2) is 0 Å². The molecule has 1 unspecified atom stereocenters. The summed E-state index contributed by atoms with van der Waals surface area (Å²) in [7, 11) is 2.05. The van der Waals surface area contributed by atoms with Crippen molar-refractivity contribution in [3.05, 3.63) is 42.7 Å². The Morgan fingerprint density at radius 1 is 1.50 bits per heavy atom. The molecule has 84 valence electrons. The second-order valence-electron chi connectivity index (χ2n) is 3.94. The summed E-state index contributed by atoms with van der Waals surface area (Å²) < 4.78 is 2.14. The number of rotatable bonds is 4. The summed E-state index contributed by atoms with van der Waals surface area (Å²) >= 11 is 0. The van der Waals surface area contributed by atoms with E-state index in [4.69, 9.17) is 0 Å². The average molecular weight is 215 g/mol. The molecule has 0 radical (unpaired) electrons. The Morgan fingerprint density at radius 2 is 2.25 bits per heavy atom. The molecule has 0 saturated carbocycles. The first-order chi connectivity index (χ1) is 7.74. The van der Waals surface area contributed by atoms with Crippen LogP contribution in [0.25, 0.3) is 11.0 Å². The predicted octanol–water partition coefficient (Wildman–Crippen LogP) is 2.41. The number of fused-ring (bicyclic) bond motifs is 1. The second kappa shape index (κ2) is 4.49. The number of para-hydroxylation sites is 2. The molecule has 16 heavy (non-hydrogen) atoms. The number of aromatic nitrogens is 2. The first-order valence-electron chi connectivity index (χ1n) is 5.49. The van der Waals surface area contributed by atoms with Crippen molar-refractivity contribution in [2.75, 3.05) is 6.54 Å². The molecule has 1 N–H and O–H groups in total. The quantitative estimate of drug-likeness (QED) is 0.794. The minimum absolute atomic E-state index is 0.232. The molecule has 0 aliphatic rings. The maximum Gasteiger partial charge on any atom is 0.126 e. The molecule has 0 saturated heterocycles. The minimum Gasteiger partial charge on any atom is -0.330 e. The molecule has 0 fully saturated rings. The van der Waals surface area contributed by atoms with Crippen LogP contribution in [0.2, 0.25) is 0 Å². The van der Waals surface area contributed by atoms with Crippen molar-refractivity contribution in [3.63, 3.8) is 0 Å². The number of nitrogens with one attached hydrogen (secondary N) is 1. The van der Waals surface area contributed by atoms with Crippen LogP contribution in [-0.4, -0.2) is 16.1 Å². The van der Waals surface area contributed by atoms with Gasteiger partial charge in [0, 0.05) is 13.6 Å². The molecule has 1 aromatic carbocycles. The number of benzene rings is 1. The summed E-state index contributed by atoms with van der Waals surface area (Å²) in [5.74, 6) is 1.06. The molecule has 0 spiro atoms. The summed E-state index contributed by atoms with van der Waals surface area (Å²) in [4.78, 5) is 4.63. The molecule has 2 aromatic rings. The first-order valence-corrected chi connectivity index (χ1v) is 5.49. The largest absolute Gasteiger partial charge is 0.330 e. The van der Waals surface area contributed by atoms with Crippen LogP contribution >= 0.6 is 0 Å². The van der Waals surface area contributed by atoms with Crippen LogP contribution < -0.4 is 5.32 Å². The number of imidazole rings is 1. The van der Waals surface area contributed by atoms with Gasteiger partial charge in [-0.2, -0.15) is 0 Å². The molecule has 0 aliphatic heterocycles. The Kier molecular flexibility index (Phi) is 3.06. The lowest BCUT2D eigenvalue weighted by molar-refractivity contribution is 0.565. The highest BCUT2D eigenvalue weighted by atomic mass is 15.1. The van der Waals surface area contributed by atoms with Crippen LogP contribution in [0, 0.1) is 0 Å². The minimum atomic E-state index is 0.232.